The predicted octanol–water partition coefficient (Wildman–Crippen LogP) is 5.97. The molecule has 0 N–H and O–H groups in total. The summed E-state index contributed by atoms with van der Waals surface area (Å²) in [5.41, 5.74) is 12.0. The molecule has 10 rings (SSSR count). The molecule has 1 aromatic heterocycles. The molecule has 6 bridgehead atoms. The topological polar surface area (TPSA) is 3.24 Å². The fourth-order valence-corrected chi connectivity index (χ4v) is 13.4. The van der Waals surface area contributed by atoms with Crippen molar-refractivity contribution in [1.29, 1.82) is 0 Å². The van der Waals surface area contributed by atoms with Gasteiger partial charge in [-0.3, -0.25) is 0 Å². The molecule has 1 nitrogen and oxygen atoms in total. The summed E-state index contributed by atoms with van der Waals surface area (Å²) in [5, 5.41) is 3.62. The summed E-state index contributed by atoms with van der Waals surface area (Å²) < 4.78 is 6.96. The molecule has 2 unspecified atom stereocenters. The van der Waals surface area contributed by atoms with Crippen LogP contribution in [0.5, 0.6) is 0 Å². The molecule has 0 fully saturated rings. The van der Waals surface area contributed by atoms with Crippen LogP contribution in [0.3, 0.4) is 0 Å². The summed E-state index contributed by atoms with van der Waals surface area (Å²) in [6, 6.07) is 40.5. The zero-order valence-corrected chi connectivity index (χ0v) is 31.6. The van der Waals surface area contributed by atoms with Crippen LogP contribution in [0.2, 0.25) is 0 Å². The van der Waals surface area contributed by atoms with Gasteiger partial charge in [0.25, 0.3) is 0 Å². The summed E-state index contributed by atoms with van der Waals surface area (Å²) in [7, 11) is 0. The van der Waals surface area contributed by atoms with E-state index in [0.717, 1.165) is 0 Å². The van der Waals surface area contributed by atoms with E-state index in [2.05, 4.69) is 163 Å². The second kappa shape index (κ2) is 12.4. The molecule has 0 amide bonds. The average molecular weight is 848 g/mol. The van der Waals surface area contributed by atoms with Gasteiger partial charge in [0.15, 0.2) is 0 Å². The third-order valence-corrected chi connectivity index (χ3v) is 14.8. The van der Waals surface area contributed by atoms with Crippen LogP contribution >= 0.6 is 43.2 Å². The molecule has 2 atom stereocenters. The number of allylic oxidation sites excluding steroid dienone is 2. The smallest absolute Gasteiger partial charge is 1.00 e. The molecule has 0 saturated carbocycles. The summed E-state index contributed by atoms with van der Waals surface area (Å²) >= 11 is 8.57. The Labute approximate surface area is 307 Å². The number of thiophene rings is 1. The zero-order chi connectivity index (χ0) is 28.7. The Hall–Kier alpha value is -2.24. The summed E-state index contributed by atoms with van der Waals surface area (Å²) in [5.74, 6) is 0.573. The van der Waals surface area contributed by atoms with Gasteiger partial charge in [0, 0.05) is 0 Å². The van der Waals surface area contributed by atoms with E-state index in [0.29, 0.717) is 5.92 Å². The summed E-state index contributed by atoms with van der Waals surface area (Å²) in [6.07, 6.45) is 5.09. The third kappa shape index (κ3) is 5.01. The van der Waals surface area contributed by atoms with Gasteiger partial charge in [0.05, 0.1) is 0 Å². The van der Waals surface area contributed by atoms with E-state index >= 15 is 0 Å². The van der Waals surface area contributed by atoms with Gasteiger partial charge in [-0.25, -0.2) is 0 Å². The first-order valence-electron chi connectivity index (χ1n) is 14.4. The number of fused-ring (bicyclic) bond motifs is 4. The maximum absolute atomic E-state index is 4.02. The summed E-state index contributed by atoms with van der Waals surface area (Å²) in [4.78, 5) is 2.48. The minimum atomic E-state index is -1.20. The second-order valence-electron chi connectivity index (χ2n) is 11.3. The van der Waals surface area contributed by atoms with Crippen molar-refractivity contribution >= 4 is 82.5 Å². The van der Waals surface area contributed by atoms with Crippen molar-refractivity contribution in [1.82, 2.24) is 0 Å². The molecule has 3 heterocycles. The van der Waals surface area contributed by atoms with Crippen molar-refractivity contribution < 1.29 is 48.0 Å². The van der Waals surface area contributed by atoms with Gasteiger partial charge in [0.1, 0.15) is 0 Å². The number of hydrogen-bond acceptors (Lipinski definition) is 2. The Balaban J connectivity index is 0.00000163. The number of rotatable bonds is 4. The van der Waals surface area contributed by atoms with Gasteiger partial charge in [-0.05, 0) is 0 Å². The van der Waals surface area contributed by atoms with Crippen LogP contribution in [0, 0.1) is 0 Å². The molecular formula is C38H23Br2Cl2NSZr. The maximum atomic E-state index is 4.02. The van der Waals surface area contributed by atoms with Crippen LogP contribution in [-0.2, 0) is 23.2 Å². The van der Waals surface area contributed by atoms with Gasteiger partial charge in [-0.15, -0.1) is 0 Å². The number of benzene rings is 5. The van der Waals surface area contributed by atoms with Crippen LogP contribution in [0.15, 0.2) is 130 Å². The second-order valence-corrected chi connectivity index (χ2v) is 17.4. The van der Waals surface area contributed by atoms with E-state index < -0.39 is 23.2 Å². The molecule has 2 aliphatic carbocycles. The molecule has 45 heavy (non-hydrogen) atoms. The molecule has 5 aromatic carbocycles. The Morgan fingerprint density at radius 3 is 2.11 bits per heavy atom. The molecule has 0 saturated heterocycles. The molecule has 4 aliphatic rings. The number of hydrogen-bond donors (Lipinski definition) is 0. The Morgan fingerprint density at radius 2 is 1.29 bits per heavy atom. The number of halogens is 4. The minimum Gasteiger partial charge on any atom is -1.00 e. The molecule has 218 valence electrons. The quantitative estimate of drug-likeness (QED) is 0.212. The van der Waals surface area contributed by atoms with E-state index in [1.165, 1.54) is 69.5 Å². The first-order valence-corrected chi connectivity index (χ1v) is 19.3. The van der Waals surface area contributed by atoms with Gasteiger partial charge < -0.3 is 24.8 Å². The van der Waals surface area contributed by atoms with Gasteiger partial charge in [-0.1, -0.05) is 0 Å². The van der Waals surface area contributed by atoms with E-state index in [1.54, 1.807) is 6.56 Å². The minimum absolute atomic E-state index is 0. The van der Waals surface area contributed by atoms with Gasteiger partial charge in [0.2, 0.25) is 0 Å². The Morgan fingerprint density at radius 1 is 0.600 bits per heavy atom. The first-order chi connectivity index (χ1) is 21.2. The Kier molecular flexibility index (Phi) is 8.65. The molecule has 0 spiro atoms. The van der Waals surface area contributed by atoms with E-state index in [9.17, 15) is 0 Å². The first kappa shape index (κ1) is 31.4. The van der Waals surface area contributed by atoms with Crippen LogP contribution in [0.1, 0.15) is 45.2 Å². The van der Waals surface area contributed by atoms with Gasteiger partial charge >= 0.3 is 286 Å². The van der Waals surface area contributed by atoms with Crippen molar-refractivity contribution in [3.8, 4) is 0 Å². The van der Waals surface area contributed by atoms with Crippen molar-refractivity contribution in [3.05, 3.63) is 163 Å². The fourth-order valence-electron chi connectivity index (χ4n) is 7.11. The van der Waals surface area contributed by atoms with Gasteiger partial charge in [-0.2, -0.15) is 0 Å². The van der Waals surface area contributed by atoms with Crippen molar-refractivity contribution in [2.24, 2.45) is 0 Å². The molecule has 7 heteroatoms. The van der Waals surface area contributed by atoms with E-state index in [1.807, 2.05) is 11.3 Å². The van der Waals surface area contributed by atoms with Crippen LogP contribution in [0.25, 0.3) is 22.2 Å². The van der Waals surface area contributed by atoms with Crippen LogP contribution < -0.4 is 29.7 Å². The normalized spacial score (nSPS) is 16.9. The number of nitrogens with zero attached hydrogens (tertiary/aromatic N) is 1. The largest absolute Gasteiger partial charge is 1.00 e. The monoisotopic (exact) mass is 843 g/mol. The number of anilines is 3. The fraction of sp³-hybridized carbons (Fsp3) is 0.0526. The standard InChI is InChI=1S/C23H13BrNS.C15H10Br.2ClH.Zr/c24-19-11-12-20-18-10-9-16(23(18)19)14-5-7-15(8-6-14)25(20)21-13-26-22-4-2-1-3-17(21)22;16-14-8-4-7-12-9-10-13(15(12)14)11-5-2-1-3-6-11;;;/h1-8,10-13,16H;1-9,13H;2*1H;/q;;;;+2/p-2. The molecule has 0 radical (unpaired) electrons. The SMILES string of the molecule is Brc1cccc2c1C(c1ccccc1)[C]([Zr+2][C]1=Cc3c4ccc(Br)c3C1c1ccc(cc1)N4c1csc3ccccc13)=C2.[Cl-].[Cl-]. The zero-order valence-electron chi connectivity index (χ0n) is 23.6. The molecule has 2 aliphatic heterocycles. The molecule has 6 aromatic rings. The van der Waals surface area contributed by atoms with Crippen LogP contribution in [-0.4, -0.2) is 0 Å². The maximum Gasteiger partial charge on any atom is -1.00 e. The third-order valence-electron chi connectivity index (χ3n) is 8.96. The predicted molar refractivity (Wildman–Crippen MR) is 184 cm³/mol. The summed E-state index contributed by atoms with van der Waals surface area (Å²) in [6.45, 7) is 0. The van der Waals surface area contributed by atoms with E-state index in [-0.39, 0.29) is 30.7 Å². The van der Waals surface area contributed by atoms with Crippen molar-refractivity contribution in [2.75, 3.05) is 4.90 Å². The average Bonchev–Trinajstić information content (AvgIpc) is 3.75. The van der Waals surface area contributed by atoms with Crippen molar-refractivity contribution in [3.63, 3.8) is 0 Å². The molecular weight excluding hydrogens is 824 g/mol. The van der Waals surface area contributed by atoms with Crippen LogP contribution in [0.4, 0.5) is 17.1 Å². The Bertz CT molecular complexity index is 2160. The van der Waals surface area contributed by atoms with E-state index in [4.69, 9.17) is 0 Å². The van der Waals surface area contributed by atoms with Crippen molar-refractivity contribution in [2.45, 2.75) is 11.8 Å².